The van der Waals surface area contributed by atoms with Crippen molar-refractivity contribution in [3.05, 3.63) is 63.6 Å². The quantitative estimate of drug-likeness (QED) is 0.696. The van der Waals surface area contributed by atoms with Crippen LogP contribution in [0.25, 0.3) is 0 Å². The average Bonchev–Trinajstić information content (AvgIpc) is 2.57. The van der Waals surface area contributed by atoms with Crippen molar-refractivity contribution >= 4 is 6.21 Å². The lowest BCUT2D eigenvalue weighted by atomic mass is 9.84. The molecule has 3 heteroatoms. The Hall–Kier alpha value is -2.29. The van der Waals surface area contributed by atoms with Gasteiger partial charge < -0.3 is 4.84 Å². The van der Waals surface area contributed by atoms with E-state index in [-0.39, 0.29) is 0 Å². The van der Waals surface area contributed by atoms with E-state index in [2.05, 4.69) is 64.9 Å². The zero-order valence-electron chi connectivity index (χ0n) is 16.2. The predicted molar refractivity (Wildman–Crippen MR) is 105 cm³/mol. The van der Waals surface area contributed by atoms with Gasteiger partial charge in [-0.2, -0.15) is 5.06 Å². The summed E-state index contributed by atoms with van der Waals surface area (Å²) < 4.78 is 0. The van der Waals surface area contributed by atoms with Crippen molar-refractivity contribution < 1.29 is 4.84 Å². The lowest BCUT2D eigenvalue weighted by molar-refractivity contribution is 0.0280. The molecule has 25 heavy (non-hydrogen) atoms. The van der Waals surface area contributed by atoms with Gasteiger partial charge in [-0.1, -0.05) is 31.5 Å². The first-order chi connectivity index (χ1) is 11.9. The maximum absolute atomic E-state index is 6.35. The first-order valence-electron chi connectivity index (χ1n) is 9.11. The standard InChI is InChI=1S/C22H28N2O/c1-7-15(3)21-18(6)13-24(20-12-23-9-8-19(20)21)25-22-16(4)10-14(2)11-17(22)5/h9-13,15H,7-8H2,1-6H3. The van der Waals surface area contributed by atoms with Gasteiger partial charge in [0.25, 0.3) is 0 Å². The second-order valence-electron chi connectivity index (χ2n) is 7.21. The van der Waals surface area contributed by atoms with E-state index in [1.165, 1.54) is 22.3 Å². The molecule has 1 aromatic carbocycles. The summed E-state index contributed by atoms with van der Waals surface area (Å²) in [5.41, 5.74) is 8.68. The Kier molecular flexibility index (Phi) is 4.85. The van der Waals surface area contributed by atoms with Crippen molar-refractivity contribution in [2.24, 2.45) is 10.9 Å². The number of hydrogen-bond donors (Lipinski definition) is 0. The molecule has 1 atom stereocenters. The van der Waals surface area contributed by atoms with Crippen molar-refractivity contribution in [1.82, 2.24) is 5.06 Å². The zero-order chi connectivity index (χ0) is 18.1. The van der Waals surface area contributed by atoms with Gasteiger partial charge in [0, 0.05) is 18.8 Å². The number of benzene rings is 1. The minimum Gasteiger partial charge on any atom is -0.375 e. The smallest absolute Gasteiger partial charge is 0.161 e. The Morgan fingerprint density at radius 2 is 1.84 bits per heavy atom. The van der Waals surface area contributed by atoms with Gasteiger partial charge in [-0.25, -0.2) is 0 Å². The third-order valence-corrected chi connectivity index (χ3v) is 5.10. The van der Waals surface area contributed by atoms with E-state index in [9.17, 15) is 0 Å². The van der Waals surface area contributed by atoms with Gasteiger partial charge in [0.1, 0.15) is 5.70 Å². The number of nitrogens with zero attached hydrogens (tertiary/aromatic N) is 2. The summed E-state index contributed by atoms with van der Waals surface area (Å²) >= 11 is 0. The van der Waals surface area contributed by atoms with Gasteiger partial charge in [0.05, 0.1) is 6.20 Å². The number of aryl methyl sites for hydroxylation is 3. The SMILES string of the molecule is CCC(C)C1=C2CC=NC=C2N(Oc2c(C)cc(C)cc2C)C=C1C. The summed E-state index contributed by atoms with van der Waals surface area (Å²) in [4.78, 5) is 10.7. The van der Waals surface area contributed by atoms with Crippen molar-refractivity contribution in [2.45, 2.75) is 54.4 Å². The Labute approximate surface area is 151 Å². The molecule has 0 bridgehead atoms. The molecule has 3 nitrogen and oxygen atoms in total. The lowest BCUT2D eigenvalue weighted by Gasteiger charge is -2.34. The molecule has 132 valence electrons. The second-order valence-corrected chi connectivity index (χ2v) is 7.21. The van der Waals surface area contributed by atoms with E-state index in [0.29, 0.717) is 5.92 Å². The topological polar surface area (TPSA) is 24.8 Å². The average molecular weight is 336 g/mol. The van der Waals surface area contributed by atoms with Gasteiger partial charge in [-0.15, -0.1) is 0 Å². The molecule has 0 aliphatic carbocycles. The molecule has 1 aromatic rings. The van der Waals surface area contributed by atoms with Gasteiger partial charge in [-0.05, 0) is 67.9 Å². The molecule has 1 unspecified atom stereocenters. The van der Waals surface area contributed by atoms with Crippen molar-refractivity contribution in [1.29, 1.82) is 0 Å². The van der Waals surface area contributed by atoms with E-state index in [4.69, 9.17) is 4.84 Å². The Bertz CT molecular complexity index is 788. The van der Waals surface area contributed by atoms with Gasteiger partial charge in [-0.3, -0.25) is 4.99 Å². The van der Waals surface area contributed by atoms with Crippen LogP contribution in [0.1, 0.15) is 50.3 Å². The number of aliphatic imine (C=N–C) groups is 1. The first kappa shape index (κ1) is 17.5. The number of fused-ring (bicyclic) bond motifs is 1. The summed E-state index contributed by atoms with van der Waals surface area (Å²) in [5.74, 6) is 1.46. The summed E-state index contributed by atoms with van der Waals surface area (Å²) in [6, 6.07) is 4.33. The van der Waals surface area contributed by atoms with Crippen LogP contribution < -0.4 is 4.84 Å². The van der Waals surface area contributed by atoms with Crippen LogP contribution in [0, 0.1) is 26.7 Å². The summed E-state index contributed by atoms with van der Waals surface area (Å²) in [7, 11) is 0. The van der Waals surface area contributed by atoms with E-state index >= 15 is 0 Å². The normalized spacial score (nSPS) is 17.9. The highest BCUT2D eigenvalue weighted by atomic mass is 16.7. The largest absolute Gasteiger partial charge is 0.375 e. The Balaban J connectivity index is 2.01. The fourth-order valence-corrected chi connectivity index (χ4v) is 3.82. The van der Waals surface area contributed by atoms with E-state index in [0.717, 1.165) is 35.4 Å². The molecule has 0 saturated carbocycles. The van der Waals surface area contributed by atoms with E-state index in [1.807, 2.05) is 17.5 Å². The molecule has 2 aliphatic rings. The molecule has 0 saturated heterocycles. The van der Waals surface area contributed by atoms with Crippen LogP contribution in [0.15, 0.2) is 51.9 Å². The summed E-state index contributed by atoms with van der Waals surface area (Å²) in [6.45, 7) is 13.0. The Morgan fingerprint density at radius 1 is 1.16 bits per heavy atom. The van der Waals surface area contributed by atoms with Crippen LogP contribution in [0.3, 0.4) is 0 Å². The highest BCUT2D eigenvalue weighted by Gasteiger charge is 2.28. The molecule has 0 fully saturated rings. The lowest BCUT2D eigenvalue weighted by Crippen LogP contribution is -2.29. The first-order valence-corrected chi connectivity index (χ1v) is 9.11. The zero-order valence-corrected chi connectivity index (χ0v) is 16.2. The molecule has 0 N–H and O–H groups in total. The molecule has 3 rings (SSSR count). The number of hydroxylamine groups is 2. The van der Waals surface area contributed by atoms with Crippen LogP contribution >= 0.6 is 0 Å². The third-order valence-electron chi connectivity index (χ3n) is 5.10. The van der Waals surface area contributed by atoms with Crippen LogP contribution in [0.4, 0.5) is 0 Å². The van der Waals surface area contributed by atoms with Crippen LogP contribution in [-0.4, -0.2) is 11.3 Å². The van der Waals surface area contributed by atoms with Crippen molar-refractivity contribution in [3.8, 4) is 5.75 Å². The highest BCUT2D eigenvalue weighted by Crippen LogP contribution is 2.39. The Morgan fingerprint density at radius 3 is 2.48 bits per heavy atom. The van der Waals surface area contributed by atoms with Crippen molar-refractivity contribution in [2.75, 3.05) is 0 Å². The third kappa shape index (κ3) is 3.28. The number of allylic oxidation sites excluding steroid dienone is 3. The van der Waals surface area contributed by atoms with Crippen LogP contribution in [0.5, 0.6) is 5.75 Å². The minimum absolute atomic E-state index is 0.533. The summed E-state index contributed by atoms with van der Waals surface area (Å²) in [5, 5.41) is 1.90. The van der Waals surface area contributed by atoms with Gasteiger partial charge in [0.2, 0.25) is 0 Å². The van der Waals surface area contributed by atoms with Gasteiger partial charge in [0.15, 0.2) is 5.75 Å². The van der Waals surface area contributed by atoms with E-state index in [1.54, 1.807) is 0 Å². The van der Waals surface area contributed by atoms with Crippen LogP contribution in [-0.2, 0) is 0 Å². The summed E-state index contributed by atoms with van der Waals surface area (Å²) in [6.07, 6.45) is 8.01. The maximum atomic E-state index is 6.35. The second kappa shape index (κ2) is 6.91. The minimum atomic E-state index is 0.533. The number of hydrogen-bond acceptors (Lipinski definition) is 3. The molecule has 0 spiro atoms. The number of rotatable bonds is 4. The molecular weight excluding hydrogens is 308 g/mol. The molecule has 0 amide bonds. The monoisotopic (exact) mass is 336 g/mol. The fourth-order valence-electron chi connectivity index (χ4n) is 3.82. The molecule has 2 aliphatic heterocycles. The van der Waals surface area contributed by atoms with E-state index < -0.39 is 0 Å². The van der Waals surface area contributed by atoms with Crippen molar-refractivity contribution in [3.63, 3.8) is 0 Å². The highest BCUT2D eigenvalue weighted by molar-refractivity contribution is 5.69. The van der Waals surface area contributed by atoms with Gasteiger partial charge >= 0.3 is 0 Å². The molecular formula is C22H28N2O. The maximum Gasteiger partial charge on any atom is 0.161 e. The predicted octanol–water partition coefficient (Wildman–Crippen LogP) is 5.78. The molecule has 2 heterocycles. The molecule has 0 radical (unpaired) electrons. The molecule has 0 aromatic heterocycles. The van der Waals surface area contributed by atoms with Crippen LogP contribution in [0.2, 0.25) is 0 Å². The fraction of sp³-hybridized carbons (Fsp3) is 0.409.